The summed E-state index contributed by atoms with van der Waals surface area (Å²) in [7, 11) is 0. The van der Waals surface area contributed by atoms with Gasteiger partial charge in [0.2, 0.25) is 5.91 Å². The van der Waals surface area contributed by atoms with E-state index in [1.165, 1.54) is 0 Å². The summed E-state index contributed by atoms with van der Waals surface area (Å²) in [4.78, 5) is 26.0. The van der Waals surface area contributed by atoms with Gasteiger partial charge in [0.15, 0.2) is 5.78 Å². The SMILES string of the molecule is CC(Br)C(=O)N1c2ccc(Cl)cc2C(=O)C12CC2. The van der Waals surface area contributed by atoms with Gasteiger partial charge in [-0.15, -0.1) is 0 Å². The number of ketones is 1. The number of hydrogen-bond acceptors (Lipinski definition) is 2. The van der Waals surface area contributed by atoms with E-state index < -0.39 is 5.54 Å². The van der Waals surface area contributed by atoms with E-state index in [4.69, 9.17) is 11.6 Å². The Kier molecular flexibility index (Phi) is 2.58. The van der Waals surface area contributed by atoms with Crippen LogP contribution < -0.4 is 4.90 Å². The van der Waals surface area contributed by atoms with Gasteiger partial charge >= 0.3 is 0 Å². The van der Waals surface area contributed by atoms with Gasteiger partial charge in [-0.1, -0.05) is 27.5 Å². The fraction of sp³-hybridized carbons (Fsp3) is 0.385. The number of alkyl halides is 1. The van der Waals surface area contributed by atoms with Gasteiger partial charge in [0, 0.05) is 10.6 Å². The lowest BCUT2D eigenvalue weighted by Gasteiger charge is -2.25. The minimum Gasteiger partial charge on any atom is -0.297 e. The molecule has 1 aromatic carbocycles. The largest absolute Gasteiger partial charge is 0.297 e. The molecule has 1 saturated carbocycles. The number of fused-ring (bicyclic) bond motifs is 1. The average Bonchev–Trinajstić information content (AvgIpc) is 3.07. The van der Waals surface area contributed by atoms with E-state index in [1.807, 2.05) is 0 Å². The molecule has 3 rings (SSSR count). The van der Waals surface area contributed by atoms with Crippen LogP contribution in [0.2, 0.25) is 5.02 Å². The van der Waals surface area contributed by atoms with Crippen molar-refractivity contribution in [3.05, 3.63) is 28.8 Å². The number of anilines is 1. The van der Waals surface area contributed by atoms with E-state index >= 15 is 0 Å². The normalized spacial score (nSPS) is 21.1. The number of amides is 1. The van der Waals surface area contributed by atoms with E-state index in [2.05, 4.69) is 15.9 Å². The van der Waals surface area contributed by atoms with Crippen LogP contribution >= 0.6 is 27.5 Å². The molecule has 0 radical (unpaired) electrons. The summed E-state index contributed by atoms with van der Waals surface area (Å²) < 4.78 is 0. The van der Waals surface area contributed by atoms with Gasteiger partial charge in [-0.3, -0.25) is 14.5 Å². The second kappa shape index (κ2) is 3.81. The number of carbonyl (C=O) groups is 2. The highest BCUT2D eigenvalue weighted by Crippen LogP contribution is 2.53. The molecule has 1 atom stereocenters. The summed E-state index contributed by atoms with van der Waals surface area (Å²) in [6.45, 7) is 1.77. The van der Waals surface area contributed by atoms with Crippen molar-refractivity contribution in [1.82, 2.24) is 0 Å². The lowest BCUT2D eigenvalue weighted by atomic mass is 10.1. The standard InChI is InChI=1S/C13H11BrClNO2/c1-7(14)12(18)16-10-3-2-8(15)6-9(10)11(17)13(16)4-5-13/h2-3,6-7H,4-5H2,1H3. The molecule has 1 heterocycles. The van der Waals surface area contributed by atoms with Crippen LogP contribution in [0.1, 0.15) is 30.1 Å². The van der Waals surface area contributed by atoms with Crippen molar-refractivity contribution in [2.45, 2.75) is 30.1 Å². The minimum absolute atomic E-state index is 0.0292. The monoisotopic (exact) mass is 327 g/mol. The number of nitrogens with zero attached hydrogens (tertiary/aromatic N) is 1. The molecule has 94 valence electrons. The topological polar surface area (TPSA) is 37.4 Å². The van der Waals surface area contributed by atoms with Crippen molar-refractivity contribution in [1.29, 1.82) is 0 Å². The van der Waals surface area contributed by atoms with Crippen molar-refractivity contribution in [2.24, 2.45) is 0 Å². The first-order chi connectivity index (χ1) is 8.47. The van der Waals surface area contributed by atoms with Crippen LogP contribution in [0.15, 0.2) is 18.2 Å². The van der Waals surface area contributed by atoms with E-state index in [0.717, 1.165) is 12.8 Å². The maximum absolute atomic E-state index is 12.4. The lowest BCUT2D eigenvalue weighted by Crippen LogP contribution is -2.45. The maximum atomic E-state index is 12.4. The Labute approximate surface area is 118 Å². The first-order valence-electron chi connectivity index (χ1n) is 5.80. The van der Waals surface area contributed by atoms with Crippen LogP contribution in [0, 0.1) is 0 Å². The van der Waals surface area contributed by atoms with Crippen molar-refractivity contribution in [3.63, 3.8) is 0 Å². The quantitative estimate of drug-likeness (QED) is 0.743. The second-order valence-corrected chi connectivity index (χ2v) is 6.62. The average molecular weight is 329 g/mol. The van der Waals surface area contributed by atoms with Gasteiger partial charge in [-0.05, 0) is 38.0 Å². The molecule has 0 N–H and O–H groups in total. The first kappa shape index (κ1) is 12.2. The van der Waals surface area contributed by atoms with Gasteiger partial charge in [0.05, 0.1) is 10.5 Å². The van der Waals surface area contributed by atoms with Crippen LogP contribution in [-0.4, -0.2) is 22.1 Å². The van der Waals surface area contributed by atoms with E-state index in [-0.39, 0.29) is 16.5 Å². The summed E-state index contributed by atoms with van der Waals surface area (Å²) in [6, 6.07) is 5.13. The predicted octanol–water partition coefficient (Wildman–Crippen LogP) is 3.19. The molecular formula is C13H11BrClNO2. The van der Waals surface area contributed by atoms with E-state index in [0.29, 0.717) is 16.3 Å². The fourth-order valence-electron chi connectivity index (χ4n) is 2.54. The third-order valence-electron chi connectivity index (χ3n) is 3.58. The number of carbonyl (C=O) groups excluding carboxylic acids is 2. The first-order valence-corrected chi connectivity index (χ1v) is 7.09. The third-order valence-corrected chi connectivity index (χ3v) is 4.21. The molecule has 0 saturated heterocycles. The molecule has 1 fully saturated rings. The maximum Gasteiger partial charge on any atom is 0.241 e. The molecule has 18 heavy (non-hydrogen) atoms. The van der Waals surface area contributed by atoms with Gasteiger partial charge in [-0.2, -0.15) is 0 Å². The van der Waals surface area contributed by atoms with Crippen LogP contribution in [0.25, 0.3) is 0 Å². The van der Waals surface area contributed by atoms with Gasteiger partial charge in [0.25, 0.3) is 0 Å². The Bertz CT molecular complexity index is 566. The molecule has 0 bridgehead atoms. The van der Waals surface area contributed by atoms with E-state index in [1.54, 1.807) is 30.0 Å². The van der Waals surface area contributed by atoms with Crippen molar-refractivity contribution < 1.29 is 9.59 Å². The molecule has 1 amide bonds. The molecule has 5 heteroatoms. The smallest absolute Gasteiger partial charge is 0.241 e. The zero-order chi connectivity index (χ0) is 13.1. The molecule has 1 aromatic rings. The summed E-state index contributed by atoms with van der Waals surface area (Å²) in [6.07, 6.45) is 1.48. The van der Waals surface area contributed by atoms with Crippen LogP contribution in [0.3, 0.4) is 0 Å². The lowest BCUT2D eigenvalue weighted by molar-refractivity contribution is -0.118. The molecule has 3 nitrogen and oxygen atoms in total. The highest BCUT2D eigenvalue weighted by Gasteiger charge is 2.62. The Morgan fingerprint density at radius 2 is 2.17 bits per heavy atom. The fourth-order valence-corrected chi connectivity index (χ4v) is 2.92. The molecule has 0 aromatic heterocycles. The zero-order valence-electron chi connectivity index (χ0n) is 9.74. The Morgan fingerprint density at radius 1 is 1.50 bits per heavy atom. The van der Waals surface area contributed by atoms with Crippen LogP contribution in [-0.2, 0) is 4.79 Å². The summed E-state index contributed by atoms with van der Waals surface area (Å²) in [5.41, 5.74) is 0.645. The molecule has 1 aliphatic heterocycles. The van der Waals surface area contributed by atoms with Crippen LogP contribution in [0.4, 0.5) is 5.69 Å². The third kappa shape index (κ3) is 1.48. The second-order valence-electron chi connectivity index (χ2n) is 4.81. The molecule has 1 aliphatic carbocycles. The molecule has 1 unspecified atom stereocenters. The van der Waals surface area contributed by atoms with Crippen LogP contribution in [0.5, 0.6) is 0 Å². The summed E-state index contributed by atoms with van der Waals surface area (Å²) >= 11 is 9.21. The Balaban J connectivity index is 2.15. The minimum atomic E-state index is -0.619. The van der Waals surface area contributed by atoms with Gasteiger partial charge < -0.3 is 0 Å². The molecular weight excluding hydrogens is 318 g/mol. The van der Waals surface area contributed by atoms with Gasteiger partial charge in [-0.25, -0.2) is 0 Å². The summed E-state index contributed by atoms with van der Waals surface area (Å²) in [5.74, 6) is -0.0385. The van der Waals surface area contributed by atoms with E-state index in [9.17, 15) is 9.59 Å². The van der Waals surface area contributed by atoms with Crippen molar-refractivity contribution in [3.8, 4) is 0 Å². The Hall–Kier alpha value is -0.870. The predicted molar refractivity (Wildman–Crippen MR) is 73.6 cm³/mol. The molecule has 2 aliphatic rings. The number of rotatable bonds is 1. The highest BCUT2D eigenvalue weighted by atomic mass is 79.9. The summed E-state index contributed by atoms with van der Waals surface area (Å²) in [5, 5.41) is 0.527. The number of Topliss-reactive ketones (excluding diaryl/α,β-unsaturated/α-hetero) is 1. The van der Waals surface area contributed by atoms with Crippen molar-refractivity contribution in [2.75, 3.05) is 4.90 Å². The number of benzene rings is 1. The molecule has 1 spiro atoms. The van der Waals surface area contributed by atoms with Crippen molar-refractivity contribution >= 4 is 44.9 Å². The number of hydrogen-bond donors (Lipinski definition) is 0. The highest BCUT2D eigenvalue weighted by molar-refractivity contribution is 9.10. The number of halogens is 2. The zero-order valence-corrected chi connectivity index (χ0v) is 12.1. The van der Waals surface area contributed by atoms with Gasteiger partial charge in [0.1, 0.15) is 5.54 Å². The Morgan fingerprint density at radius 3 is 2.72 bits per heavy atom.